The number of esters is 1. The van der Waals surface area contributed by atoms with E-state index in [1.165, 1.54) is 45.9 Å². The van der Waals surface area contributed by atoms with Gasteiger partial charge in [0.05, 0.1) is 7.11 Å². The molecular weight excluding hydrogens is 240 g/mol. The molecule has 2 aliphatic rings. The molecule has 0 aromatic carbocycles. The Balaban J connectivity index is 1.91. The molecule has 3 unspecified atom stereocenters. The number of methoxy groups -OCH3 is 1. The van der Waals surface area contributed by atoms with Crippen LogP contribution in [-0.2, 0) is 9.53 Å². The molecule has 19 heavy (non-hydrogen) atoms. The van der Waals surface area contributed by atoms with Crippen molar-refractivity contribution in [3.05, 3.63) is 0 Å². The first-order chi connectivity index (χ1) is 9.09. The zero-order valence-electron chi connectivity index (χ0n) is 12.4. The van der Waals surface area contributed by atoms with Crippen LogP contribution in [0.15, 0.2) is 0 Å². The van der Waals surface area contributed by atoms with E-state index in [-0.39, 0.29) is 5.97 Å². The van der Waals surface area contributed by atoms with Crippen LogP contribution in [0.2, 0.25) is 0 Å². The minimum absolute atomic E-state index is 0.240. The van der Waals surface area contributed by atoms with Crippen LogP contribution in [0.4, 0.5) is 0 Å². The van der Waals surface area contributed by atoms with Gasteiger partial charge >= 0.3 is 5.97 Å². The minimum Gasteiger partial charge on any atom is -0.468 e. The maximum absolute atomic E-state index is 11.8. The predicted octanol–water partition coefficient (Wildman–Crippen LogP) is 1.92. The van der Waals surface area contributed by atoms with Crippen molar-refractivity contribution in [2.45, 2.75) is 63.5 Å². The van der Waals surface area contributed by atoms with Crippen molar-refractivity contribution in [1.82, 2.24) is 4.90 Å². The summed E-state index contributed by atoms with van der Waals surface area (Å²) in [5, 5.41) is 0. The van der Waals surface area contributed by atoms with Crippen LogP contribution in [-0.4, -0.2) is 42.6 Å². The van der Waals surface area contributed by atoms with Crippen molar-refractivity contribution in [2.24, 2.45) is 11.7 Å². The Morgan fingerprint density at radius 2 is 2.16 bits per heavy atom. The third kappa shape index (κ3) is 3.29. The number of likely N-dealkylation sites (tertiary alicyclic amines) is 1. The molecule has 0 bridgehead atoms. The SMILES string of the molecule is CCC1CCCN(C2CCC(N)(C(=O)OC)C2)CC1. The van der Waals surface area contributed by atoms with E-state index in [1.54, 1.807) is 0 Å². The lowest BCUT2D eigenvalue weighted by Crippen LogP contribution is -2.48. The molecule has 1 aliphatic carbocycles. The molecule has 1 aliphatic heterocycles. The zero-order valence-corrected chi connectivity index (χ0v) is 12.4. The summed E-state index contributed by atoms with van der Waals surface area (Å²) in [6, 6.07) is 0.472. The van der Waals surface area contributed by atoms with Gasteiger partial charge < -0.3 is 15.4 Å². The average Bonchev–Trinajstić information content (AvgIpc) is 2.68. The number of hydrogen-bond acceptors (Lipinski definition) is 4. The molecule has 1 saturated heterocycles. The van der Waals surface area contributed by atoms with Gasteiger partial charge in [-0.3, -0.25) is 4.79 Å². The second-order valence-corrected chi connectivity index (χ2v) is 6.29. The summed E-state index contributed by atoms with van der Waals surface area (Å²) in [6.07, 6.45) is 7.77. The van der Waals surface area contributed by atoms with E-state index >= 15 is 0 Å². The van der Waals surface area contributed by atoms with Crippen molar-refractivity contribution in [1.29, 1.82) is 0 Å². The minimum atomic E-state index is -0.740. The predicted molar refractivity (Wildman–Crippen MR) is 75.8 cm³/mol. The monoisotopic (exact) mass is 268 g/mol. The van der Waals surface area contributed by atoms with E-state index < -0.39 is 5.54 Å². The Hall–Kier alpha value is -0.610. The van der Waals surface area contributed by atoms with Gasteiger partial charge in [0.25, 0.3) is 0 Å². The first-order valence-electron chi connectivity index (χ1n) is 7.70. The molecule has 2 N–H and O–H groups in total. The van der Waals surface area contributed by atoms with Crippen LogP contribution in [0.5, 0.6) is 0 Å². The van der Waals surface area contributed by atoms with Crippen LogP contribution in [0.3, 0.4) is 0 Å². The highest BCUT2D eigenvalue weighted by Crippen LogP contribution is 2.34. The highest BCUT2D eigenvalue weighted by molar-refractivity contribution is 5.81. The van der Waals surface area contributed by atoms with Gasteiger partial charge in [-0.1, -0.05) is 13.3 Å². The van der Waals surface area contributed by atoms with E-state index in [0.717, 1.165) is 25.2 Å². The van der Waals surface area contributed by atoms with Gasteiger partial charge in [-0.2, -0.15) is 0 Å². The summed E-state index contributed by atoms with van der Waals surface area (Å²) < 4.78 is 4.85. The summed E-state index contributed by atoms with van der Waals surface area (Å²) in [5.41, 5.74) is 5.46. The average molecular weight is 268 g/mol. The molecule has 1 saturated carbocycles. The van der Waals surface area contributed by atoms with Gasteiger partial charge in [0.15, 0.2) is 0 Å². The fraction of sp³-hybridized carbons (Fsp3) is 0.933. The Bertz CT molecular complexity index is 321. The van der Waals surface area contributed by atoms with Crippen LogP contribution in [0, 0.1) is 5.92 Å². The molecule has 0 amide bonds. The Morgan fingerprint density at radius 1 is 1.37 bits per heavy atom. The van der Waals surface area contributed by atoms with Crippen molar-refractivity contribution < 1.29 is 9.53 Å². The third-order valence-corrected chi connectivity index (χ3v) is 5.09. The van der Waals surface area contributed by atoms with Crippen LogP contribution < -0.4 is 5.73 Å². The van der Waals surface area contributed by atoms with Gasteiger partial charge in [0.2, 0.25) is 0 Å². The van der Waals surface area contributed by atoms with Crippen LogP contribution in [0.1, 0.15) is 51.9 Å². The van der Waals surface area contributed by atoms with Crippen LogP contribution >= 0.6 is 0 Å². The summed E-state index contributed by atoms with van der Waals surface area (Å²) in [4.78, 5) is 14.3. The van der Waals surface area contributed by atoms with E-state index in [0.29, 0.717) is 6.04 Å². The standard InChI is InChI=1S/C15H28N2O2/c1-3-12-5-4-9-17(10-7-12)13-6-8-15(16,11-13)14(18)19-2/h12-13H,3-11,16H2,1-2H3. The molecule has 4 heteroatoms. The number of ether oxygens (including phenoxy) is 1. The number of nitrogens with zero attached hydrogens (tertiary/aromatic N) is 1. The number of rotatable bonds is 3. The maximum Gasteiger partial charge on any atom is 0.325 e. The van der Waals surface area contributed by atoms with Crippen molar-refractivity contribution in [3.63, 3.8) is 0 Å². The quantitative estimate of drug-likeness (QED) is 0.795. The molecule has 4 nitrogen and oxygen atoms in total. The Kier molecular flexibility index (Phi) is 4.85. The fourth-order valence-corrected chi connectivity index (χ4v) is 3.71. The third-order valence-electron chi connectivity index (χ3n) is 5.09. The molecule has 1 heterocycles. The van der Waals surface area contributed by atoms with Crippen molar-refractivity contribution in [2.75, 3.05) is 20.2 Å². The largest absolute Gasteiger partial charge is 0.468 e. The van der Waals surface area contributed by atoms with E-state index in [1.807, 2.05) is 0 Å². The molecule has 0 radical (unpaired) electrons. The zero-order chi connectivity index (χ0) is 13.9. The van der Waals surface area contributed by atoms with Crippen LogP contribution in [0.25, 0.3) is 0 Å². The van der Waals surface area contributed by atoms with Crippen molar-refractivity contribution >= 4 is 5.97 Å². The van der Waals surface area contributed by atoms with Gasteiger partial charge in [-0.15, -0.1) is 0 Å². The summed E-state index contributed by atoms with van der Waals surface area (Å²) in [7, 11) is 1.43. The van der Waals surface area contributed by atoms with Gasteiger partial charge in [-0.05, 0) is 57.5 Å². The molecule has 0 aromatic heterocycles. The van der Waals surface area contributed by atoms with Gasteiger partial charge in [0, 0.05) is 6.04 Å². The van der Waals surface area contributed by atoms with Gasteiger partial charge in [-0.25, -0.2) is 0 Å². The number of carbonyl (C=O) groups is 1. The lowest BCUT2D eigenvalue weighted by Gasteiger charge is -2.29. The van der Waals surface area contributed by atoms with Gasteiger partial charge in [0.1, 0.15) is 5.54 Å². The highest BCUT2D eigenvalue weighted by Gasteiger charge is 2.44. The lowest BCUT2D eigenvalue weighted by molar-refractivity contribution is -0.147. The van der Waals surface area contributed by atoms with E-state index in [2.05, 4.69) is 11.8 Å². The lowest BCUT2D eigenvalue weighted by atomic mass is 9.98. The molecule has 2 fully saturated rings. The number of hydrogen-bond donors (Lipinski definition) is 1. The first-order valence-corrected chi connectivity index (χ1v) is 7.70. The van der Waals surface area contributed by atoms with E-state index in [9.17, 15) is 4.79 Å². The second kappa shape index (κ2) is 6.23. The number of nitrogens with two attached hydrogens (primary N) is 1. The molecule has 110 valence electrons. The summed E-state index contributed by atoms with van der Waals surface area (Å²) in [5.74, 6) is 0.644. The van der Waals surface area contributed by atoms with Crippen molar-refractivity contribution in [3.8, 4) is 0 Å². The first kappa shape index (κ1) is 14.8. The smallest absolute Gasteiger partial charge is 0.325 e. The Morgan fingerprint density at radius 3 is 2.84 bits per heavy atom. The highest BCUT2D eigenvalue weighted by atomic mass is 16.5. The molecule has 0 aromatic rings. The number of carbonyl (C=O) groups excluding carboxylic acids is 1. The molecular formula is C15H28N2O2. The maximum atomic E-state index is 11.8. The molecule has 2 rings (SSSR count). The summed E-state index contributed by atoms with van der Waals surface area (Å²) in [6.45, 7) is 4.62. The Labute approximate surface area is 116 Å². The summed E-state index contributed by atoms with van der Waals surface area (Å²) >= 11 is 0. The molecule has 3 atom stereocenters. The van der Waals surface area contributed by atoms with E-state index in [4.69, 9.17) is 10.5 Å². The second-order valence-electron chi connectivity index (χ2n) is 6.29. The topological polar surface area (TPSA) is 55.6 Å². The fourth-order valence-electron chi connectivity index (χ4n) is 3.71. The molecule has 0 spiro atoms. The normalized spacial score (nSPS) is 37.0.